The van der Waals surface area contributed by atoms with E-state index in [9.17, 15) is 0 Å². The molecule has 11 aromatic rings. The van der Waals surface area contributed by atoms with E-state index < -0.39 is 5.41 Å². The van der Waals surface area contributed by atoms with Crippen molar-refractivity contribution in [1.82, 2.24) is 0 Å². The third kappa shape index (κ3) is 6.01. The van der Waals surface area contributed by atoms with E-state index in [1.165, 1.54) is 88.3 Å². The fraction of sp³-hybridized carbons (Fsp3) is 0.0159. The summed E-state index contributed by atoms with van der Waals surface area (Å²) in [7, 11) is 0. The van der Waals surface area contributed by atoms with E-state index in [1.54, 1.807) is 0 Å². The van der Waals surface area contributed by atoms with Crippen LogP contribution in [0.4, 0.5) is 17.1 Å². The summed E-state index contributed by atoms with van der Waals surface area (Å²) in [6.45, 7) is 0. The molecule has 0 fully saturated rings. The highest BCUT2D eigenvalue weighted by atomic mass is 15.1. The summed E-state index contributed by atoms with van der Waals surface area (Å²) in [5.74, 6) is 0. The Morgan fingerprint density at radius 1 is 0.281 bits per heavy atom. The second-order valence-corrected chi connectivity index (χ2v) is 16.8. The summed E-state index contributed by atoms with van der Waals surface area (Å²) in [6, 6.07) is 95.8. The van der Waals surface area contributed by atoms with Crippen LogP contribution < -0.4 is 4.90 Å². The van der Waals surface area contributed by atoms with E-state index in [4.69, 9.17) is 0 Å². The summed E-state index contributed by atoms with van der Waals surface area (Å²) in [4.78, 5) is 2.47. The van der Waals surface area contributed by atoms with Gasteiger partial charge in [-0.3, -0.25) is 0 Å². The number of hydrogen-bond acceptors (Lipinski definition) is 1. The molecule has 0 aromatic heterocycles. The fourth-order valence-electron chi connectivity index (χ4n) is 10.6. The molecule has 1 aliphatic rings. The van der Waals surface area contributed by atoms with Gasteiger partial charge in [0, 0.05) is 16.9 Å². The Labute approximate surface area is 374 Å². The second kappa shape index (κ2) is 15.6. The Kier molecular flexibility index (Phi) is 9.13. The maximum absolute atomic E-state index is 2.47. The zero-order chi connectivity index (χ0) is 42.5. The molecule has 0 radical (unpaired) electrons. The van der Waals surface area contributed by atoms with Gasteiger partial charge in [-0.15, -0.1) is 0 Å². The molecule has 12 rings (SSSR count). The minimum Gasteiger partial charge on any atom is -0.310 e. The normalized spacial score (nSPS) is 12.5. The van der Waals surface area contributed by atoms with Gasteiger partial charge >= 0.3 is 0 Å². The predicted molar refractivity (Wildman–Crippen MR) is 270 cm³/mol. The predicted octanol–water partition coefficient (Wildman–Crippen LogP) is 16.8. The minimum absolute atomic E-state index is 0.511. The van der Waals surface area contributed by atoms with Crippen LogP contribution in [0.5, 0.6) is 0 Å². The van der Waals surface area contributed by atoms with Crippen molar-refractivity contribution in [2.75, 3.05) is 4.90 Å². The SMILES string of the molecule is c1ccc(-c2cccc3cccc(-c4ccc(N(c5ccc(-c6cccc7ccccc67)cc5)c5cccc6c5-c5ccccc5C6(c5ccccc5)c5ccccc5)cc4)c23)cc1. The van der Waals surface area contributed by atoms with Crippen molar-refractivity contribution in [2.24, 2.45) is 0 Å². The Hall–Kier alpha value is -8.26. The van der Waals surface area contributed by atoms with Crippen molar-refractivity contribution in [3.05, 3.63) is 283 Å². The van der Waals surface area contributed by atoms with Gasteiger partial charge in [0.15, 0.2) is 0 Å². The number of fused-ring (bicyclic) bond motifs is 5. The highest BCUT2D eigenvalue weighted by Gasteiger charge is 2.47. The van der Waals surface area contributed by atoms with Gasteiger partial charge in [0.05, 0.1) is 11.1 Å². The molecule has 1 heteroatoms. The van der Waals surface area contributed by atoms with Crippen LogP contribution in [0.25, 0.3) is 66.1 Å². The van der Waals surface area contributed by atoms with Crippen LogP contribution in [0, 0.1) is 0 Å². The standard InChI is InChI=1S/C63H43N/c1-4-18-45(19-5-1)55-31-15-22-48-23-16-32-56(61(48)55)47-38-42-52(43-39-47)64(51-40-36-46(37-41-51)54-30-14-21-44-20-10-11-28-53(44)54)60-35-17-34-59-62(60)57-29-12-13-33-58(57)63(59,49-24-6-2-7-25-49)50-26-8-3-9-27-50/h1-43H. The number of benzene rings is 11. The van der Waals surface area contributed by atoms with Crippen molar-refractivity contribution in [2.45, 2.75) is 5.41 Å². The van der Waals surface area contributed by atoms with Crippen LogP contribution >= 0.6 is 0 Å². The number of rotatable bonds is 8. The van der Waals surface area contributed by atoms with Crippen LogP contribution in [-0.4, -0.2) is 0 Å². The molecule has 0 N–H and O–H groups in total. The topological polar surface area (TPSA) is 3.24 Å². The van der Waals surface area contributed by atoms with Crippen LogP contribution in [0.1, 0.15) is 22.3 Å². The van der Waals surface area contributed by atoms with E-state index in [-0.39, 0.29) is 0 Å². The Bertz CT molecular complexity index is 3410. The van der Waals surface area contributed by atoms with Gasteiger partial charge in [0.2, 0.25) is 0 Å². The summed E-state index contributed by atoms with van der Waals surface area (Å²) in [6.07, 6.45) is 0. The van der Waals surface area contributed by atoms with Gasteiger partial charge in [0.1, 0.15) is 0 Å². The molecule has 0 aliphatic heterocycles. The average Bonchev–Trinajstić information content (AvgIpc) is 3.69. The maximum atomic E-state index is 2.47. The third-order valence-corrected chi connectivity index (χ3v) is 13.4. The van der Waals surface area contributed by atoms with Crippen LogP contribution in [-0.2, 0) is 5.41 Å². The zero-order valence-electron chi connectivity index (χ0n) is 35.3. The monoisotopic (exact) mass is 813 g/mol. The van der Waals surface area contributed by atoms with E-state index in [1.807, 2.05) is 0 Å². The molecule has 1 aliphatic carbocycles. The van der Waals surface area contributed by atoms with Crippen molar-refractivity contribution in [1.29, 1.82) is 0 Å². The lowest BCUT2D eigenvalue weighted by Crippen LogP contribution is -2.28. The second-order valence-electron chi connectivity index (χ2n) is 16.8. The number of anilines is 3. The summed E-state index contributed by atoms with van der Waals surface area (Å²) in [5, 5.41) is 4.99. The lowest BCUT2D eigenvalue weighted by Gasteiger charge is -2.34. The molecule has 0 heterocycles. The molecule has 0 unspecified atom stereocenters. The van der Waals surface area contributed by atoms with Gasteiger partial charge in [-0.05, 0) is 113 Å². The Balaban J connectivity index is 1.07. The first-order valence-corrected chi connectivity index (χ1v) is 22.2. The van der Waals surface area contributed by atoms with Gasteiger partial charge in [-0.2, -0.15) is 0 Å². The first-order valence-electron chi connectivity index (χ1n) is 22.2. The maximum Gasteiger partial charge on any atom is 0.0714 e. The van der Waals surface area contributed by atoms with Gasteiger partial charge < -0.3 is 4.90 Å². The Morgan fingerprint density at radius 2 is 0.719 bits per heavy atom. The summed E-state index contributed by atoms with van der Waals surface area (Å²) < 4.78 is 0. The molecule has 0 amide bonds. The highest BCUT2D eigenvalue weighted by Crippen LogP contribution is 2.59. The molecule has 0 saturated heterocycles. The van der Waals surface area contributed by atoms with Crippen molar-refractivity contribution < 1.29 is 0 Å². The van der Waals surface area contributed by atoms with E-state index in [0.717, 1.165) is 17.1 Å². The van der Waals surface area contributed by atoms with Crippen molar-refractivity contribution in [3.63, 3.8) is 0 Å². The number of nitrogens with zero attached hydrogens (tertiary/aromatic N) is 1. The average molecular weight is 814 g/mol. The van der Waals surface area contributed by atoms with Crippen molar-refractivity contribution in [3.8, 4) is 44.5 Å². The first kappa shape index (κ1) is 37.5. The van der Waals surface area contributed by atoms with E-state index >= 15 is 0 Å². The van der Waals surface area contributed by atoms with Crippen molar-refractivity contribution >= 4 is 38.6 Å². The quantitative estimate of drug-likeness (QED) is 0.148. The van der Waals surface area contributed by atoms with Crippen LogP contribution in [0.3, 0.4) is 0 Å². The molecule has 0 spiro atoms. The smallest absolute Gasteiger partial charge is 0.0714 e. The molecule has 300 valence electrons. The third-order valence-electron chi connectivity index (χ3n) is 13.4. The first-order chi connectivity index (χ1) is 31.8. The van der Waals surface area contributed by atoms with Gasteiger partial charge in [-0.25, -0.2) is 0 Å². The largest absolute Gasteiger partial charge is 0.310 e. The Morgan fingerprint density at radius 3 is 1.36 bits per heavy atom. The van der Waals surface area contributed by atoms with Crippen LogP contribution in [0.2, 0.25) is 0 Å². The molecule has 64 heavy (non-hydrogen) atoms. The molecular formula is C63H43N. The fourth-order valence-corrected chi connectivity index (χ4v) is 10.6. The van der Waals surface area contributed by atoms with E-state index in [0.29, 0.717) is 0 Å². The zero-order valence-corrected chi connectivity index (χ0v) is 35.3. The molecule has 1 nitrogen and oxygen atoms in total. The molecule has 0 saturated carbocycles. The van der Waals surface area contributed by atoms with Gasteiger partial charge in [0.25, 0.3) is 0 Å². The van der Waals surface area contributed by atoms with Gasteiger partial charge in [-0.1, -0.05) is 231 Å². The summed E-state index contributed by atoms with van der Waals surface area (Å²) >= 11 is 0. The van der Waals surface area contributed by atoms with Crippen LogP contribution in [0.15, 0.2) is 261 Å². The molecular weight excluding hydrogens is 771 g/mol. The lowest BCUT2D eigenvalue weighted by molar-refractivity contribution is 0.768. The highest BCUT2D eigenvalue weighted by molar-refractivity contribution is 6.07. The minimum atomic E-state index is -0.511. The number of hydrogen-bond donors (Lipinski definition) is 0. The molecule has 0 atom stereocenters. The lowest BCUT2D eigenvalue weighted by atomic mass is 9.68. The van der Waals surface area contributed by atoms with E-state index in [2.05, 4.69) is 266 Å². The molecule has 0 bridgehead atoms. The summed E-state index contributed by atoms with van der Waals surface area (Å²) in [5.41, 5.74) is 17.7. The molecule has 11 aromatic carbocycles.